The highest BCUT2D eigenvalue weighted by Crippen LogP contribution is 2.25. The molecule has 0 radical (unpaired) electrons. The van der Waals surface area contributed by atoms with E-state index in [1.54, 1.807) is 0 Å². The van der Waals surface area contributed by atoms with Gasteiger partial charge < -0.3 is 10.2 Å². The van der Waals surface area contributed by atoms with E-state index in [4.69, 9.17) is 0 Å². The van der Waals surface area contributed by atoms with Crippen molar-refractivity contribution in [2.45, 2.75) is 45.1 Å². The van der Waals surface area contributed by atoms with Crippen LogP contribution < -0.4 is 5.32 Å². The molecule has 0 bridgehead atoms. The Morgan fingerprint density at radius 3 is 2.95 bits per heavy atom. The molecular weight excluding hydrogens is 234 g/mol. The third kappa shape index (κ3) is 3.50. The van der Waals surface area contributed by atoms with E-state index in [2.05, 4.69) is 22.0 Å². The van der Waals surface area contributed by atoms with Gasteiger partial charge in [-0.1, -0.05) is 6.92 Å². The van der Waals surface area contributed by atoms with Crippen LogP contribution in [0.2, 0.25) is 0 Å². The first-order valence-corrected chi connectivity index (χ1v) is 8.50. The Labute approximate surface area is 118 Å². The van der Waals surface area contributed by atoms with Gasteiger partial charge in [0.25, 0.3) is 0 Å². The minimum Gasteiger partial charge on any atom is -0.316 e. The van der Waals surface area contributed by atoms with E-state index < -0.39 is 0 Å². The van der Waals surface area contributed by atoms with Crippen LogP contribution in [-0.2, 0) is 0 Å². The third-order valence-electron chi connectivity index (χ3n) is 5.71. The molecular formula is C16H31N3. The molecule has 0 spiro atoms. The Bertz CT molecular complexity index is 275. The van der Waals surface area contributed by atoms with Gasteiger partial charge in [-0.3, -0.25) is 4.90 Å². The summed E-state index contributed by atoms with van der Waals surface area (Å²) in [6.07, 6.45) is 7.11. The van der Waals surface area contributed by atoms with E-state index >= 15 is 0 Å². The summed E-state index contributed by atoms with van der Waals surface area (Å²) in [7, 11) is 0. The Morgan fingerprint density at radius 2 is 2.11 bits per heavy atom. The molecule has 0 aromatic carbocycles. The van der Waals surface area contributed by atoms with Crippen LogP contribution in [0.4, 0.5) is 0 Å². The third-order valence-corrected chi connectivity index (χ3v) is 5.71. The highest BCUT2D eigenvalue weighted by Gasteiger charge is 2.30. The van der Waals surface area contributed by atoms with Gasteiger partial charge in [-0.25, -0.2) is 0 Å². The lowest BCUT2D eigenvalue weighted by Crippen LogP contribution is -2.50. The first-order chi connectivity index (χ1) is 9.33. The number of hydrogen-bond donors (Lipinski definition) is 1. The fraction of sp³-hybridized carbons (Fsp3) is 1.00. The number of nitrogens with one attached hydrogen (secondary N) is 1. The quantitative estimate of drug-likeness (QED) is 0.836. The second kappa shape index (κ2) is 6.55. The topological polar surface area (TPSA) is 18.5 Å². The summed E-state index contributed by atoms with van der Waals surface area (Å²) in [5.74, 6) is 1.83. The Hall–Kier alpha value is -0.120. The lowest BCUT2D eigenvalue weighted by molar-refractivity contribution is 0.0961. The van der Waals surface area contributed by atoms with Crippen LogP contribution in [0.25, 0.3) is 0 Å². The van der Waals surface area contributed by atoms with Crippen LogP contribution in [-0.4, -0.2) is 61.7 Å². The van der Waals surface area contributed by atoms with Gasteiger partial charge in [0.2, 0.25) is 0 Å². The average molecular weight is 265 g/mol. The SMILES string of the molecule is CC(CCN1CCN2CCCC2C1)C1CCCNC1. The highest BCUT2D eigenvalue weighted by atomic mass is 15.3. The van der Waals surface area contributed by atoms with Crippen LogP contribution in [0.1, 0.15) is 39.0 Å². The van der Waals surface area contributed by atoms with E-state index in [0.29, 0.717) is 0 Å². The molecule has 0 saturated carbocycles. The lowest BCUT2D eigenvalue weighted by atomic mass is 9.85. The Kier molecular flexibility index (Phi) is 4.78. The average Bonchev–Trinajstić information content (AvgIpc) is 2.93. The maximum absolute atomic E-state index is 3.56. The zero-order chi connectivity index (χ0) is 13.1. The summed E-state index contributed by atoms with van der Waals surface area (Å²) in [6.45, 7) is 11.7. The van der Waals surface area contributed by atoms with Crippen molar-refractivity contribution in [3.8, 4) is 0 Å². The summed E-state index contributed by atoms with van der Waals surface area (Å²) in [6, 6.07) is 0.889. The van der Waals surface area contributed by atoms with Crippen molar-refractivity contribution in [3.63, 3.8) is 0 Å². The van der Waals surface area contributed by atoms with Gasteiger partial charge in [-0.15, -0.1) is 0 Å². The molecule has 3 saturated heterocycles. The van der Waals surface area contributed by atoms with Crippen LogP contribution in [0.3, 0.4) is 0 Å². The van der Waals surface area contributed by atoms with Gasteiger partial charge >= 0.3 is 0 Å². The van der Waals surface area contributed by atoms with E-state index in [0.717, 1.165) is 17.9 Å². The van der Waals surface area contributed by atoms with Crippen molar-refractivity contribution in [2.75, 3.05) is 45.8 Å². The minimum absolute atomic E-state index is 0.889. The van der Waals surface area contributed by atoms with Crippen LogP contribution in [0.15, 0.2) is 0 Å². The van der Waals surface area contributed by atoms with E-state index in [9.17, 15) is 0 Å². The molecule has 19 heavy (non-hydrogen) atoms. The summed E-state index contributed by atoms with van der Waals surface area (Å²) < 4.78 is 0. The maximum Gasteiger partial charge on any atom is 0.0224 e. The molecule has 3 heterocycles. The predicted octanol–water partition coefficient (Wildman–Crippen LogP) is 1.79. The van der Waals surface area contributed by atoms with Crippen molar-refractivity contribution in [2.24, 2.45) is 11.8 Å². The normalized spacial score (nSPS) is 35.2. The van der Waals surface area contributed by atoms with Crippen molar-refractivity contribution < 1.29 is 0 Å². The molecule has 3 aliphatic heterocycles. The highest BCUT2D eigenvalue weighted by molar-refractivity contribution is 4.87. The number of hydrogen-bond acceptors (Lipinski definition) is 3. The number of rotatable bonds is 4. The van der Waals surface area contributed by atoms with E-state index in [1.165, 1.54) is 77.9 Å². The molecule has 3 aliphatic rings. The van der Waals surface area contributed by atoms with Crippen LogP contribution in [0, 0.1) is 11.8 Å². The zero-order valence-corrected chi connectivity index (χ0v) is 12.6. The molecule has 0 amide bonds. The molecule has 0 aromatic heterocycles. The van der Waals surface area contributed by atoms with Crippen molar-refractivity contribution in [1.29, 1.82) is 0 Å². The molecule has 0 aliphatic carbocycles. The molecule has 3 fully saturated rings. The molecule has 3 nitrogen and oxygen atoms in total. The fourth-order valence-electron chi connectivity index (χ4n) is 4.24. The van der Waals surface area contributed by atoms with Crippen molar-refractivity contribution in [1.82, 2.24) is 15.1 Å². The van der Waals surface area contributed by atoms with Gasteiger partial charge in [0, 0.05) is 25.7 Å². The maximum atomic E-state index is 3.56. The Balaban J connectivity index is 1.39. The zero-order valence-electron chi connectivity index (χ0n) is 12.6. The number of nitrogens with zero attached hydrogens (tertiary/aromatic N) is 2. The van der Waals surface area contributed by atoms with Gasteiger partial charge in [0.1, 0.15) is 0 Å². The number of fused-ring (bicyclic) bond motifs is 1. The van der Waals surface area contributed by atoms with Crippen LogP contribution in [0.5, 0.6) is 0 Å². The molecule has 3 unspecified atom stereocenters. The summed E-state index contributed by atoms with van der Waals surface area (Å²) in [5.41, 5.74) is 0. The molecule has 110 valence electrons. The first kappa shape index (κ1) is 13.8. The molecule has 3 heteroatoms. The number of piperazine rings is 1. The van der Waals surface area contributed by atoms with Gasteiger partial charge in [0.05, 0.1) is 0 Å². The van der Waals surface area contributed by atoms with Gasteiger partial charge in [-0.2, -0.15) is 0 Å². The monoisotopic (exact) mass is 265 g/mol. The van der Waals surface area contributed by atoms with Crippen molar-refractivity contribution >= 4 is 0 Å². The van der Waals surface area contributed by atoms with Gasteiger partial charge in [0.15, 0.2) is 0 Å². The smallest absolute Gasteiger partial charge is 0.0224 e. The van der Waals surface area contributed by atoms with Gasteiger partial charge in [-0.05, 0) is 70.1 Å². The van der Waals surface area contributed by atoms with E-state index in [1.807, 2.05) is 0 Å². The second-order valence-corrected chi connectivity index (χ2v) is 7.01. The molecule has 3 rings (SSSR count). The fourth-order valence-corrected chi connectivity index (χ4v) is 4.24. The first-order valence-electron chi connectivity index (χ1n) is 8.50. The molecule has 3 atom stereocenters. The lowest BCUT2D eigenvalue weighted by Gasteiger charge is -2.38. The summed E-state index contributed by atoms with van der Waals surface area (Å²) in [5, 5.41) is 3.56. The molecule has 1 N–H and O–H groups in total. The van der Waals surface area contributed by atoms with Crippen molar-refractivity contribution in [3.05, 3.63) is 0 Å². The predicted molar refractivity (Wildman–Crippen MR) is 80.4 cm³/mol. The van der Waals surface area contributed by atoms with E-state index in [-0.39, 0.29) is 0 Å². The second-order valence-electron chi connectivity index (χ2n) is 7.01. The Morgan fingerprint density at radius 1 is 1.16 bits per heavy atom. The molecule has 0 aromatic rings. The van der Waals surface area contributed by atoms with Crippen LogP contribution >= 0.6 is 0 Å². The number of piperidine rings is 1. The summed E-state index contributed by atoms with van der Waals surface area (Å²) >= 11 is 0. The summed E-state index contributed by atoms with van der Waals surface area (Å²) in [4.78, 5) is 5.45. The minimum atomic E-state index is 0.889. The largest absolute Gasteiger partial charge is 0.316 e. The standard InChI is InChI=1S/C16H31N3/c1-14(15-4-2-7-17-12-15)6-9-18-10-11-19-8-3-5-16(19)13-18/h14-17H,2-13H2,1H3.